The average Bonchev–Trinajstić information content (AvgIpc) is 3.22. The summed E-state index contributed by atoms with van der Waals surface area (Å²) in [7, 11) is 0. The van der Waals surface area contributed by atoms with Gasteiger partial charge in [-0.2, -0.15) is 5.10 Å². The largest absolute Gasteiger partial charge is 0.451 e. The summed E-state index contributed by atoms with van der Waals surface area (Å²) in [5.41, 5.74) is 2.38. The van der Waals surface area contributed by atoms with E-state index in [1.54, 1.807) is 24.5 Å². The van der Waals surface area contributed by atoms with E-state index in [-0.39, 0.29) is 11.7 Å². The SMILES string of the molecule is O=C(Nc1cc(-c2ccncc2)[nH]n1)c1cc2cc(Br)ccc2o1. The maximum absolute atomic E-state index is 12.3. The van der Waals surface area contributed by atoms with Crippen LogP contribution in [-0.4, -0.2) is 21.1 Å². The van der Waals surface area contributed by atoms with Crippen LogP contribution in [0.4, 0.5) is 5.82 Å². The van der Waals surface area contributed by atoms with E-state index in [1.165, 1.54) is 0 Å². The van der Waals surface area contributed by atoms with Crippen LogP contribution in [0.5, 0.6) is 0 Å². The number of H-pyrrole nitrogens is 1. The first kappa shape index (κ1) is 14.6. The Bertz CT molecular complexity index is 1020. The average molecular weight is 383 g/mol. The number of anilines is 1. The van der Waals surface area contributed by atoms with Crippen molar-refractivity contribution in [2.45, 2.75) is 0 Å². The monoisotopic (exact) mass is 382 g/mol. The van der Waals surface area contributed by atoms with Gasteiger partial charge in [-0.25, -0.2) is 0 Å². The second-order valence-electron chi connectivity index (χ2n) is 5.15. The van der Waals surface area contributed by atoms with Gasteiger partial charge < -0.3 is 9.73 Å². The van der Waals surface area contributed by atoms with E-state index in [0.29, 0.717) is 11.4 Å². The van der Waals surface area contributed by atoms with Gasteiger partial charge in [0, 0.05) is 33.9 Å². The van der Waals surface area contributed by atoms with E-state index in [9.17, 15) is 4.79 Å². The Morgan fingerprint density at radius 2 is 1.96 bits per heavy atom. The minimum absolute atomic E-state index is 0.233. The zero-order valence-corrected chi connectivity index (χ0v) is 13.9. The van der Waals surface area contributed by atoms with Crippen molar-refractivity contribution in [3.05, 3.63) is 65.1 Å². The van der Waals surface area contributed by atoms with Gasteiger partial charge >= 0.3 is 0 Å². The van der Waals surface area contributed by atoms with Crippen LogP contribution in [0.1, 0.15) is 10.6 Å². The summed E-state index contributed by atoms with van der Waals surface area (Å²) < 4.78 is 6.50. The number of halogens is 1. The lowest BCUT2D eigenvalue weighted by atomic mass is 10.2. The lowest BCUT2D eigenvalue weighted by Crippen LogP contribution is -2.10. The van der Waals surface area contributed by atoms with E-state index in [0.717, 1.165) is 21.1 Å². The van der Waals surface area contributed by atoms with Gasteiger partial charge in [-0.1, -0.05) is 15.9 Å². The number of nitrogens with zero attached hydrogens (tertiary/aromatic N) is 2. The predicted octanol–water partition coefficient (Wildman–Crippen LogP) is 4.23. The van der Waals surface area contributed by atoms with Gasteiger partial charge in [0.2, 0.25) is 0 Å². The lowest BCUT2D eigenvalue weighted by molar-refractivity contribution is 0.0998. The van der Waals surface area contributed by atoms with Gasteiger partial charge in [0.25, 0.3) is 5.91 Å². The molecule has 0 saturated heterocycles. The number of amides is 1. The highest BCUT2D eigenvalue weighted by Crippen LogP contribution is 2.24. The molecule has 4 rings (SSSR count). The van der Waals surface area contributed by atoms with Crippen LogP contribution in [-0.2, 0) is 0 Å². The maximum atomic E-state index is 12.3. The Hall–Kier alpha value is -2.93. The molecular formula is C17H11BrN4O2. The van der Waals surface area contributed by atoms with Crippen LogP contribution >= 0.6 is 15.9 Å². The summed E-state index contributed by atoms with van der Waals surface area (Å²) in [6.07, 6.45) is 3.39. The number of carbonyl (C=O) groups excluding carboxylic acids is 1. The molecular weight excluding hydrogens is 372 g/mol. The van der Waals surface area contributed by atoms with Crippen LogP contribution in [0.3, 0.4) is 0 Å². The number of aromatic nitrogens is 3. The molecule has 1 amide bonds. The summed E-state index contributed by atoms with van der Waals surface area (Å²) in [6.45, 7) is 0. The molecule has 2 N–H and O–H groups in total. The molecule has 0 spiro atoms. The number of benzene rings is 1. The Morgan fingerprint density at radius 3 is 2.79 bits per heavy atom. The fourth-order valence-corrected chi connectivity index (χ4v) is 2.75. The number of pyridine rings is 1. The van der Waals surface area contributed by atoms with Crippen LogP contribution in [0.15, 0.2) is 63.7 Å². The standard InChI is InChI=1S/C17H11BrN4O2/c18-12-1-2-14-11(7-12)8-15(24-14)17(23)20-16-9-13(21-22-16)10-3-5-19-6-4-10/h1-9H,(H2,20,21,22,23). The molecule has 3 aromatic heterocycles. The molecule has 0 unspecified atom stereocenters. The summed E-state index contributed by atoms with van der Waals surface area (Å²) in [5.74, 6) is 0.306. The molecule has 0 atom stereocenters. The number of aromatic amines is 1. The van der Waals surface area contributed by atoms with Gasteiger partial charge in [-0.05, 0) is 36.4 Å². The fourth-order valence-electron chi connectivity index (χ4n) is 2.37. The molecule has 4 aromatic rings. The molecule has 0 radical (unpaired) electrons. The molecule has 1 aromatic carbocycles. The Morgan fingerprint density at radius 1 is 1.12 bits per heavy atom. The third kappa shape index (κ3) is 2.81. The van der Waals surface area contributed by atoms with E-state index in [1.807, 2.05) is 30.3 Å². The first-order valence-corrected chi connectivity index (χ1v) is 7.94. The molecule has 24 heavy (non-hydrogen) atoms. The summed E-state index contributed by atoms with van der Waals surface area (Å²) in [6, 6.07) is 12.7. The summed E-state index contributed by atoms with van der Waals surface area (Å²) in [5, 5.41) is 10.6. The van der Waals surface area contributed by atoms with E-state index in [2.05, 4.69) is 36.4 Å². The number of fused-ring (bicyclic) bond motifs is 1. The van der Waals surface area contributed by atoms with Crippen molar-refractivity contribution < 1.29 is 9.21 Å². The predicted molar refractivity (Wildman–Crippen MR) is 93.7 cm³/mol. The smallest absolute Gasteiger partial charge is 0.292 e. The van der Waals surface area contributed by atoms with Gasteiger partial charge in [0.05, 0.1) is 5.69 Å². The topological polar surface area (TPSA) is 83.8 Å². The van der Waals surface area contributed by atoms with Gasteiger partial charge in [0.1, 0.15) is 5.58 Å². The number of hydrogen-bond acceptors (Lipinski definition) is 4. The zero-order valence-electron chi connectivity index (χ0n) is 12.3. The first-order chi connectivity index (χ1) is 11.7. The molecule has 3 heterocycles. The number of furan rings is 1. The van der Waals surface area contributed by atoms with Crippen molar-refractivity contribution in [2.75, 3.05) is 5.32 Å². The molecule has 118 valence electrons. The second-order valence-corrected chi connectivity index (χ2v) is 6.07. The number of hydrogen-bond donors (Lipinski definition) is 2. The van der Waals surface area contributed by atoms with Gasteiger partial charge in [-0.3, -0.25) is 14.9 Å². The minimum Gasteiger partial charge on any atom is -0.451 e. The van der Waals surface area contributed by atoms with Crippen molar-refractivity contribution in [3.63, 3.8) is 0 Å². The highest BCUT2D eigenvalue weighted by Gasteiger charge is 2.14. The number of rotatable bonds is 3. The van der Waals surface area contributed by atoms with Crippen molar-refractivity contribution in [1.29, 1.82) is 0 Å². The van der Waals surface area contributed by atoms with E-state index in [4.69, 9.17) is 4.42 Å². The van der Waals surface area contributed by atoms with Crippen LogP contribution < -0.4 is 5.32 Å². The highest BCUT2D eigenvalue weighted by atomic mass is 79.9. The fraction of sp³-hybridized carbons (Fsp3) is 0. The van der Waals surface area contributed by atoms with Crippen LogP contribution in [0, 0.1) is 0 Å². The Balaban J connectivity index is 1.56. The zero-order chi connectivity index (χ0) is 16.5. The van der Waals surface area contributed by atoms with E-state index >= 15 is 0 Å². The minimum atomic E-state index is -0.352. The third-order valence-corrected chi connectivity index (χ3v) is 4.01. The molecule has 0 aliphatic rings. The van der Waals surface area contributed by atoms with Crippen LogP contribution in [0.2, 0.25) is 0 Å². The Labute approximate surface area is 145 Å². The molecule has 0 aliphatic heterocycles. The van der Waals surface area contributed by atoms with Crippen molar-refractivity contribution >= 4 is 38.6 Å². The Kier molecular flexibility index (Phi) is 3.62. The van der Waals surface area contributed by atoms with Crippen molar-refractivity contribution in [2.24, 2.45) is 0 Å². The van der Waals surface area contributed by atoms with Gasteiger partial charge in [0.15, 0.2) is 11.6 Å². The summed E-state index contributed by atoms with van der Waals surface area (Å²) >= 11 is 3.40. The van der Waals surface area contributed by atoms with Crippen molar-refractivity contribution in [1.82, 2.24) is 15.2 Å². The first-order valence-electron chi connectivity index (χ1n) is 7.15. The quantitative estimate of drug-likeness (QED) is 0.555. The molecule has 6 nitrogen and oxygen atoms in total. The lowest BCUT2D eigenvalue weighted by Gasteiger charge is -1.97. The highest BCUT2D eigenvalue weighted by molar-refractivity contribution is 9.10. The van der Waals surface area contributed by atoms with Crippen LogP contribution in [0.25, 0.3) is 22.2 Å². The molecule has 0 saturated carbocycles. The van der Waals surface area contributed by atoms with Gasteiger partial charge in [-0.15, -0.1) is 0 Å². The second kappa shape index (κ2) is 5.93. The summed E-state index contributed by atoms with van der Waals surface area (Å²) in [4.78, 5) is 16.3. The maximum Gasteiger partial charge on any atom is 0.292 e. The normalized spacial score (nSPS) is 10.9. The molecule has 0 bridgehead atoms. The van der Waals surface area contributed by atoms with E-state index < -0.39 is 0 Å². The van der Waals surface area contributed by atoms with Crippen molar-refractivity contribution in [3.8, 4) is 11.3 Å². The number of carbonyl (C=O) groups is 1. The molecule has 0 aliphatic carbocycles. The third-order valence-electron chi connectivity index (χ3n) is 3.51. The molecule has 7 heteroatoms. The molecule has 0 fully saturated rings. The number of nitrogens with one attached hydrogen (secondary N) is 2.